The fourth-order valence-corrected chi connectivity index (χ4v) is 3.58. The van der Waals surface area contributed by atoms with E-state index in [1.54, 1.807) is 16.6 Å². The zero-order valence-electron chi connectivity index (χ0n) is 16.8. The van der Waals surface area contributed by atoms with Gasteiger partial charge in [-0.2, -0.15) is 5.10 Å². The third kappa shape index (κ3) is 3.66. The van der Waals surface area contributed by atoms with Crippen LogP contribution in [-0.4, -0.2) is 20.5 Å². The van der Waals surface area contributed by atoms with Crippen LogP contribution in [-0.2, 0) is 11.2 Å². The number of fused-ring (bicyclic) bond motifs is 1. The number of benzene rings is 2. The summed E-state index contributed by atoms with van der Waals surface area (Å²) in [6, 6.07) is 11.8. The van der Waals surface area contributed by atoms with E-state index in [9.17, 15) is 13.6 Å². The molecule has 7 heteroatoms. The first kappa shape index (κ1) is 19.7. The lowest BCUT2D eigenvalue weighted by atomic mass is 10.0. The largest absolute Gasteiger partial charge is 0.326 e. The Morgan fingerprint density at radius 2 is 1.53 bits per heavy atom. The molecular weight excluding hydrogens is 386 g/mol. The number of carbonyl (C=O) groups is 1. The van der Waals surface area contributed by atoms with E-state index in [1.165, 1.54) is 36.4 Å². The molecule has 0 aliphatic carbocycles. The van der Waals surface area contributed by atoms with Crippen LogP contribution in [0.1, 0.15) is 22.6 Å². The molecule has 2 heterocycles. The smallest absolute Gasteiger partial charge is 0.228 e. The standard InChI is InChI=1S/C23H20F2N4O/c1-13-20(12-21(30)27-19-10-8-18(25)9-11-19)15(3)29-23(26-13)22(14(2)28-29)16-4-6-17(24)7-5-16/h4-11H,12H2,1-3H3,(H,27,30). The van der Waals surface area contributed by atoms with E-state index in [1.807, 2.05) is 20.8 Å². The minimum Gasteiger partial charge on any atom is -0.326 e. The van der Waals surface area contributed by atoms with Crippen LogP contribution in [0.3, 0.4) is 0 Å². The Labute approximate surface area is 172 Å². The van der Waals surface area contributed by atoms with Crippen molar-refractivity contribution in [2.24, 2.45) is 0 Å². The molecule has 4 rings (SSSR count). The predicted octanol–water partition coefficient (Wildman–Crippen LogP) is 4.78. The lowest BCUT2D eigenvalue weighted by Gasteiger charge is -2.12. The molecule has 0 saturated carbocycles. The van der Waals surface area contributed by atoms with Gasteiger partial charge >= 0.3 is 0 Å². The van der Waals surface area contributed by atoms with Crippen molar-refractivity contribution in [3.05, 3.63) is 82.8 Å². The molecule has 0 atom stereocenters. The summed E-state index contributed by atoms with van der Waals surface area (Å²) in [5, 5.41) is 7.37. The topological polar surface area (TPSA) is 59.3 Å². The van der Waals surface area contributed by atoms with Gasteiger partial charge in [0, 0.05) is 28.2 Å². The van der Waals surface area contributed by atoms with Gasteiger partial charge in [0.2, 0.25) is 5.91 Å². The third-order valence-corrected chi connectivity index (χ3v) is 5.10. The molecule has 0 aliphatic rings. The average molecular weight is 406 g/mol. The molecule has 2 aromatic carbocycles. The maximum absolute atomic E-state index is 13.3. The number of carbonyl (C=O) groups excluding carboxylic acids is 1. The second-order valence-corrected chi connectivity index (χ2v) is 7.20. The molecule has 0 unspecified atom stereocenters. The number of nitrogens with zero attached hydrogens (tertiary/aromatic N) is 3. The molecule has 1 amide bonds. The minimum absolute atomic E-state index is 0.114. The summed E-state index contributed by atoms with van der Waals surface area (Å²) < 4.78 is 28.1. The molecule has 0 fully saturated rings. The summed E-state index contributed by atoms with van der Waals surface area (Å²) in [6.45, 7) is 5.62. The third-order valence-electron chi connectivity index (χ3n) is 5.10. The van der Waals surface area contributed by atoms with E-state index < -0.39 is 0 Å². The van der Waals surface area contributed by atoms with Crippen LogP contribution in [0.4, 0.5) is 14.5 Å². The van der Waals surface area contributed by atoms with Gasteiger partial charge < -0.3 is 5.32 Å². The second-order valence-electron chi connectivity index (χ2n) is 7.20. The predicted molar refractivity (Wildman–Crippen MR) is 111 cm³/mol. The number of aryl methyl sites for hydroxylation is 3. The van der Waals surface area contributed by atoms with Gasteiger partial charge in [-0.1, -0.05) is 12.1 Å². The fraction of sp³-hybridized carbons (Fsp3) is 0.174. The molecular formula is C23H20F2N4O. The van der Waals surface area contributed by atoms with E-state index in [2.05, 4.69) is 10.4 Å². The van der Waals surface area contributed by atoms with Crippen molar-refractivity contribution in [1.82, 2.24) is 14.6 Å². The monoisotopic (exact) mass is 406 g/mol. The second kappa shape index (κ2) is 7.67. The van der Waals surface area contributed by atoms with Crippen molar-refractivity contribution in [2.75, 3.05) is 5.32 Å². The van der Waals surface area contributed by atoms with Crippen LogP contribution in [0.15, 0.2) is 48.5 Å². The first-order valence-electron chi connectivity index (χ1n) is 9.50. The lowest BCUT2D eigenvalue weighted by Crippen LogP contribution is -2.17. The highest BCUT2D eigenvalue weighted by molar-refractivity contribution is 5.92. The van der Waals surface area contributed by atoms with Crippen LogP contribution in [0.2, 0.25) is 0 Å². The van der Waals surface area contributed by atoms with Crippen molar-refractivity contribution in [1.29, 1.82) is 0 Å². The van der Waals surface area contributed by atoms with E-state index >= 15 is 0 Å². The maximum Gasteiger partial charge on any atom is 0.228 e. The first-order valence-corrected chi connectivity index (χ1v) is 9.50. The van der Waals surface area contributed by atoms with Gasteiger partial charge in [0.05, 0.1) is 12.1 Å². The van der Waals surface area contributed by atoms with Crippen LogP contribution in [0, 0.1) is 32.4 Å². The molecule has 1 N–H and O–H groups in total. The summed E-state index contributed by atoms with van der Waals surface area (Å²) in [5.41, 5.74) is 5.93. The van der Waals surface area contributed by atoms with Gasteiger partial charge in [0.15, 0.2) is 5.65 Å². The Bertz CT molecular complexity index is 1250. The lowest BCUT2D eigenvalue weighted by molar-refractivity contribution is -0.115. The molecule has 4 aromatic rings. The Morgan fingerprint density at radius 1 is 0.933 bits per heavy atom. The molecule has 0 spiro atoms. The molecule has 0 aliphatic heterocycles. The Hall–Kier alpha value is -3.61. The summed E-state index contributed by atoms with van der Waals surface area (Å²) in [5.74, 6) is -0.889. The Kier molecular flexibility index (Phi) is 5.03. The molecule has 0 saturated heterocycles. The Morgan fingerprint density at radius 3 is 2.17 bits per heavy atom. The number of halogens is 2. The van der Waals surface area contributed by atoms with Crippen molar-refractivity contribution >= 4 is 17.2 Å². The molecule has 2 aromatic heterocycles. The molecule has 152 valence electrons. The highest BCUT2D eigenvalue weighted by atomic mass is 19.1. The van der Waals surface area contributed by atoms with Gasteiger partial charge in [0.1, 0.15) is 11.6 Å². The van der Waals surface area contributed by atoms with Crippen molar-refractivity contribution in [2.45, 2.75) is 27.2 Å². The summed E-state index contributed by atoms with van der Waals surface area (Å²) >= 11 is 0. The van der Waals surface area contributed by atoms with Crippen LogP contribution < -0.4 is 5.32 Å². The first-order chi connectivity index (χ1) is 14.3. The number of rotatable bonds is 4. The van der Waals surface area contributed by atoms with E-state index in [0.29, 0.717) is 11.3 Å². The molecule has 0 radical (unpaired) electrons. The van der Waals surface area contributed by atoms with Crippen LogP contribution in [0.25, 0.3) is 16.8 Å². The number of aromatic nitrogens is 3. The molecule has 0 bridgehead atoms. The zero-order chi connectivity index (χ0) is 21.4. The fourth-order valence-electron chi connectivity index (χ4n) is 3.58. The zero-order valence-corrected chi connectivity index (χ0v) is 16.8. The van der Waals surface area contributed by atoms with Crippen LogP contribution >= 0.6 is 0 Å². The van der Waals surface area contributed by atoms with E-state index in [-0.39, 0.29) is 24.0 Å². The molecule has 30 heavy (non-hydrogen) atoms. The number of nitrogens with one attached hydrogen (secondary N) is 1. The van der Waals surface area contributed by atoms with Crippen molar-refractivity contribution < 1.29 is 13.6 Å². The van der Waals surface area contributed by atoms with Gasteiger partial charge in [-0.25, -0.2) is 18.3 Å². The number of hydrogen-bond donors (Lipinski definition) is 1. The van der Waals surface area contributed by atoms with E-state index in [0.717, 1.165) is 33.8 Å². The quantitative estimate of drug-likeness (QED) is 0.531. The summed E-state index contributed by atoms with van der Waals surface area (Å²) in [4.78, 5) is 17.2. The van der Waals surface area contributed by atoms with Crippen LogP contribution in [0.5, 0.6) is 0 Å². The SMILES string of the molecule is Cc1nc2c(-c3ccc(F)cc3)c(C)nn2c(C)c1CC(=O)Nc1ccc(F)cc1. The van der Waals surface area contributed by atoms with E-state index in [4.69, 9.17) is 4.98 Å². The average Bonchev–Trinajstić information content (AvgIpc) is 3.04. The highest BCUT2D eigenvalue weighted by Gasteiger charge is 2.19. The van der Waals surface area contributed by atoms with Gasteiger partial charge in [-0.05, 0) is 62.7 Å². The van der Waals surface area contributed by atoms with Gasteiger partial charge in [-0.15, -0.1) is 0 Å². The summed E-state index contributed by atoms with van der Waals surface area (Å²) in [7, 11) is 0. The van der Waals surface area contributed by atoms with Gasteiger partial charge in [0.25, 0.3) is 0 Å². The van der Waals surface area contributed by atoms with Crippen molar-refractivity contribution in [3.63, 3.8) is 0 Å². The Balaban J connectivity index is 1.69. The number of anilines is 1. The maximum atomic E-state index is 13.3. The summed E-state index contributed by atoms with van der Waals surface area (Å²) in [6.07, 6.45) is 0.114. The highest BCUT2D eigenvalue weighted by Crippen LogP contribution is 2.29. The number of amides is 1. The number of hydrogen-bond acceptors (Lipinski definition) is 3. The van der Waals surface area contributed by atoms with Gasteiger partial charge in [-0.3, -0.25) is 4.79 Å². The normalized spacial score (nSPS) is 11.1. The molecule has 5 nitrogen and oxygen atoms in total. The minimum atomic E-state index is -0.361. The van der Waals surface area contributed by atoms with Crippen molar-refractivity contribution in [3.8, 4) is 11.1 Å².